The average molecular weight is 237 g/mol. The summed E-state index contributed by atoms with van der Waals surface area (Å²) in [5.41, 5.74) is 10.1. The van der Waals surface area contributed by atoms with E-state index in [1.165, 1.54) is 23.1 Å². The Balaban J connectivity index is 2.37. The Bertz CT molecular complexity index is 302. The zero-order valence-electron chi connectivity index (χ0n) is 10.6. The summed E-state index contributed by atoms with van der Waals surface area (Å²) < 4.78 is 0. The maximum atomic E-state index is 5.99. The van der Waals surface area contributed by atoms with Gasteiger partial charge in [-0.1, -0.05) is 42.7 Å². The predicted octanol–water partition coefficient (Wildman–Crippen LogP) is 3.66. The minimum absolute atomic E-state index is 0.362. The molecule has 0 spiro atoms. The van der Waals surface area contributed by atoms with E-state index in [1.54, 1.807) is 0 Å². The number of hydrogen-bond donors (Lipinski definition) is 1. The van der Waals surface area contributed by atoms with Crippen LogP contribution >= 0.6 is 11.8 Å². The van der Waals surface area contributed by atoms with Gasteiger partial charge in [-0.15, -0.1) is 0 Å². The van der Waals surface area contributed by atoms with Gasteiger partial charge >= 0.3 is 0 Å². The number of hydrogen-bond acceptors (Lipinski definition) is 2. The van der Waals surface area contributed by atoms with Crippen LogP contribution in [-0.4, -0.2) is 11.8 Å². The van der Waals surface area contributed by atoms with Crippen LogP contribution in [0.25, 0.3) is 0 Å². The molecule has 0 radical (unpaired) electrons. The number of rotatable bonds is 6. The van der Waals surface area contributed by atoms with Crippen LogP contribution in [0.5, 0.6) is 0 Å². The fraction of sp³-hybridized carbons (Fsp3) is 0.571. The Hall–Kier alpha value is -0.470. The standard InChI is InChI=1S/C14H23NS/c1-4-5-14(15)10-16-9-13-7-11(2)6-12(3)8-13/h6-8,14H,4-5,9-10,15H2,1-3H3. The summed E-state index contributed by atoms with van der Waals surface area (Å²) in [5, 5.41) is 0. The van der Waals surface area contributed by atoms with Crippen LogP contribution in [0.3, 0.4) is 0 Å². The van der Waals surface area contributed by atoms with Crippen molar-refractivity contribution < 1.29 is 0 Å². The molecule has 0 saturated heterocycles. The summed E-state index contributed by atoms with van der Waals surface area (Å²) in [6.45, 7) is 6.50. The molecule has 0 aliphatic heterocycles. The summed E-state index contributed by atoms with van der Waals surface area (Å²) in [7, 11) is 0. The van der Waals surface area contributed by atoms with E-state index in [9.17, 15) is 0 Å². The molecule has 0 aliphatic rings. The van der Waals surface area contributed by atoms with Crippen molar-refractivity contribution in [2.75, 3.05) is 5.75 Å². The smallest absolute Gasteiger partial charge is 0.0185 e. The van der Waals surface area contributed by atoms with Crippen LogP contribution in [0.15, 0.2) is 18.2 Å². The zero-order valence-corrected chi connectivity index (χ0v) is 11.4. The first-order valence-corrected chi connectivity index (χ1v) is 7.17. The lowest BCUT2D eigenvalue weighted by Crippen LogP contribution is -2.22. The van der Waals surface area contributed by atoms with Crippen LogP contribution in [-0.2, 0) is 5.75 Å². The van der Waals surface area contributed by atoms with E-state index >= 15 is 0 Å². The third-order valence-corrected chi connectivity index (χ3v) is 3.74. The molecule has 1 rings (SSSR count). The molecular weight excluding hydrogens is 214 g/mol. The lowest BCUT2D eigenvalue weighted by Gasteiger charge is -2.10. The van der Waals surface area contributed by atoms with Crippen molar-refractivity contribution in [1.29, 1.82) is 0 Å². The Morgan fingerprint density at radius 1 is 1.19 bits per heavy atom. The van der Waals surface area contributed by atoms with E-state index in [2.05, 4.69) is 39.0 Å². The molecule has 1 unspecified atom stereocenters. The van der Waals surface area contributed by atoms with Gasteiger partial charge < -0.3 is 5.73 Å². The van der Waals surface area contributed by atoms with Crippen LogP contribution in [0, 0.1) is 13.8 Å². The van der Waals surface area contributed by atoms with Crippen LogP contribution in [0.2, 0.25) is 0 Å². The number of benzene rings is 1. The summed E-state index contributed by atoms with van der Waals surface area (Å²) >= 11 is 1.95. The molecule has 1 aromatic carbocycles. The second-order valence-electron chi connectivity index (χ2n) is 4.56. The zero-order chi connectivity index (χ0) is 12.0. The molecule has 0 fully saturated rings. The van der Waals surface area contributed by atoms with E-state index < -0.39 is 0 Å². The van der Waals surface area contributed by atoms with Gasteiger partial charge in [-0.25, -0.2) is 0 Å². The van der Waals surface area contributed by atoms with Gasteiger partial charge in [0.2, 0.25) is 0 Å². The highest BCUT2D eigenvalue weighted by Gasteiger charge is 2.02. The van der Waals surface area contributed by atoms with Crippen molar-refractivity contribution in [2.45, 2.75) is 45.4 Å². The number of thioether (sulfide) groups is 1. The van der Waals surface area contributed by atoms with Gasteiger partial charge in [0.25, 0.3) is 0 Å². The quantitative estimate of drug-likeness (QED) is 0.817. The molecule has 0 aromatic heterocycles. The molecule has 1 aromatic rings. The molecule has 0 bridgehead atoms. The second-order valence-corrected chi connectivity index (χ2v) is 5.59. The fourth-order valence-corrected chi connectivity index (χ4v) is 2.92. The minimum atomic E-state index is 0.362. The highest BCUT2D eigenvalue weighted by atomic mass is 32.2. The van der Waals surface area contributed by atoms with Gasteiger partial charge in [0.05, 0.1) is 0 Å². The molecule has 16 heavy (non-hydrogen) atoms. The third-order valence-electron chi connectivity index (χ3n) is 2.54. The van der Waals surface area contributed by atoms with Crippen LogP contribution in [0.4, 0.5) is 0 Å². The Morgan fingerprint density at radius 2 is 1.81 bits per heavy atom. The molecule has 0 aliphatic carbocycles. The highest BCUT2D eigenvalue weighted by molar-refractivity contribution is 7.98. The first-order valence-electron chi connectivity index (χ1n) is 6.02. The molecule has 0 saturated carbocycles. The van der Waals surface area contributed by atoms with E-state index in [0.717, 1.165) is 17.9 Å². The number of nitrogens with two attached hydrogens (primary N) is 1. The van der Waals surface area contributed by atoms with Crippen molar-refractivity contribution in [1.82, 2.24) is 0 Å². The van der Waals surface area contributed by atoms with E-state index in [0.29, 0.717) is 6.04 Å². The second kappa shape index (κ2) is 6.97. The molecule has 2 heteroatoms. The van der Waals surface area contributed by atoms with Crippen molar-refractivity contribution in [3.05, 3.63) is 34.9 Å². The Morgan fingerprint density at radius 3 is 2.38 bits per heavy atom. The molecule has 1 atom stereocenters. The van der Waals surface area contributed by atoms with E-state index in [1.807, 2.05) is 11.8 Å². The maximum Gasteiger partial charge on any atom is 0.0185 e. The van der Waals surface area contributed by atoms with Crippen molar-refractivity contribution in [2.24, 2.45) is 5.73 Å². The topological polar surface area (TPSA) is 26.0 Å². The minimum Gasteiger partial charge on any atom is -0.327 e. The summed E-state index contributed by atoms with van der Waals surface area (Å²) in [6, 6.07) is 7.12. The maximum absolute atomic E-state index is 5.99. The molecule has 0 heterocycles. The van der Waals surface area contributed by atoms with Gasteiger partial charge in [-0.3, -0.25) is 0 Å². The largest absolute Gasteiger partial charge is 0.327 e. The first kappa shape index (κ1) is 13.6. The molecule has 90 valence electrons. The average Bonchev–Trinajstić information content (AvgIpc) is 2.16. The third kappa shape index (κ3) is 5.04. The molecular formula is C14H23NS. The van der Waals surface area contributed by atoms with Crippen LogP contribution in [0.1, 0.15) is 36.5 Å². The number of aryl methyl sites for hydroxylation is 2. The first-order chi connectivity index (χ1) is 7.61. The fourth-order valence-electron chi connectivity index (χ4n) is 1.93. The summed E-state index contributed by atoms with van der Waals surface area (Å²) in [4.78, 5) is 0. The normalized spacial score (nSPS) is 12.8. The molecule has 0 amide bonds. The van der Waals surface area contributed by atoms with E-state index in [4.69, 9.17) is 5.73 Å². The highest BCUT2D eigenvalue weighted by Crippen LogP contribution is 2.16. The lowest BCUT2D eigenvalue weighted by molar-refractivity contribution is 0.660. The lowest BCUT2D eigenvalue weighted by atomic mass is 10.1. The molecule has 1 nitrogen and oxygen atoms in total. The van der Waals surface area contributed by atoms with Gasteiger partial charge in [0.15, 0.2) is 0 Å². The van der Waals surface area contributed by atoms with Crippen molar-refractivity contribution in [3.63, 3.8) is 0 Å². The van der Waals surface area contributed by atoms with Crippen molar-refractivity contribution >= 4 is 11.8 Å². The summed E-state index contributed by atoms with van der Waals surface area (Å²) in [6.07, 6.45) is 2.32. The Labute approximate surface area is 104 Å². The van der Waals surface area contributed by atoms with Crippen LogP contribution < -0.4 is 5.73 Å². The summed E-state index contributed by atoms with van der Waals surface area (Å²) in [5.74, 6) is 2.15. The van der Waals surface area contributed by atoms with Gasteiger partial charge in [0, 0.05) is 17.5 Å². The van der Waals surface area contributed by atoms with E-state index in [-0.39, 0.29) is 0 Å². The van der Waals surface area contributed by atoms with Crippen molar-refractivity contribution in [3.8, 4) is 0 Å². The Kier molecular flexibility index (Phi) is 5.93. The monoisotopic (exact) mass is 237 g/mol. The molecule has 2 N–H and O–H groups in total. The van der Waals surface area contributed by atoms with Gasteiger partial charge in [-0.05, 0) is 25.8 Å². The SMILES string of the molecule is CCCC(N)CSCc1cc(C)cc(C)c1. The van der Waals surface area contributed by atoms with Gasteiger partial charge in [-0.2, -0.15) is 11.8 Å². The predicted molar refractivity (Wildman–Crippen MR) is 75.0 cm³/mol. The van der Waals surface area contributed by atoms with Gasteiger partial charge in [0.1, 0.15) is 0 Å².